The van der Waals surface area contributed by atoms with Gasteiger partial charge in [0.2, 0.25) is 5.78 Å². The van der Waals surface area contributed by atoms with Crippen molar-refractivity contribution in [3.05, 3.63) is 0 Å². The molecule has 3 amide bonds. The molecule has 1 fully saturated rings. The van der Waals surface area contributed by atoms with Crippen LogP contribution in [0.15, 0.2) is 0 Å². The first kappa shape index (κ1) is 12.2. The highest BCUT2D eigenvalue weighted by molar-refractivity contribution is 7.55. The zero-order valence-electron chi connectivity index (χ0n) is 8.48. The third-order valence-corrected chi connectivity index (χ3v) is 3.92. The van der Waals surface area contributed by atoms with E-state index in [0.29, 0.717) is 0 Å². The lowest BCUT2D eigenvalue weighted by Gasteiger charge is -2.20. The molecule has 0 spiro atoms. The van der Waals surface area contributed by atoms with Gasteiger partial charge in [-0.3, -0.25) is 14.7 Å². The maximum atomic E-state index is 12.1. The van der Waals surface area contributed by atoms with Gasteiger partial charge in [-0.25, -0.2) is 4.79 Å². The molecule has 0 aromatic carbocycles. The molecular weight excluding hydrogens is 223 g/mol. The molecule has 86 valence electrons. The van der Waals surface area contributed by atoms with Crippen molar-refractivity contribution in [1.29, 1.82) is 0 Å². The molecular formula is C7H13N2O5P. The van der Waals surface area contributed by atoms with Crippen LogP contribution in [0.5, 0.6) is 0 Å². The van der Waals surface area contributed by atoms with Crippen molar-refractivity contribution in [3.8, 4) is 0 Å². The highest BCUT2D eigenvalue weighted by Crippen LogP contribution is 2.52. The van der Waals surface area contributed by atoms with Crippen molar-refractivity contribution in [2.45, 2.75) is 19.6 Å². The fraction of sp³-hybridized carbons (Fsp3) is 0.714. The molecule has 1 aliphatic rings. The van der Waals surface area contributed by atoms with E-state index < -0.39 is 25.3 Å². The standard InChI is InChI=1S/C7H13N2O5P/c1-3-13-15(12,14-4-2)6-5(10)8-7(11)9-6/h6H,3-4H2,1-2H3,(H2,8,9,10,11)/t6-/m0/s1. The van der Waals surface area contributed by atoms with Gasteiger partial charge in [0.25, 0.3) is 5.91 Å². The fourth-order valence-corrected chi connectivity index (χ4v) is 2.89. The number of nitrogens with one attached hydrogen (secondary N) is 2. The number of urea groups is 1. The minimum absolute atomic E-state index is 0.136. The molecule has 0 aromatic heterocycles. The predicted molar refractivity (Wildman–Crippen MR) is 51.3 cm³/mol. The van der Waals surface area contributed by atoms with Crippen molar-refractivity contribution in [1.82, 2.24) is 10.6 Å². The number of carbonyl (C=O) groups excluding carboxylic acids is 2. The van der Waals surface area contributed by atoms with Crippen LogP contribution in [-0.4, -0.2) is 30.9 Å². The van der Waals surface area contributed by atoms with Crippen LogP contribution in [0, 0.1) is 0 Å². The highest BCUT2D eigenvalue weighted by atomic mass is 31.2. The van der Waals surface area contributed by atoms with E-state index in [1.807, 2.05) is 5.32 Å². The molecule has 0 bridgehead atoms. The van der Waals surface area contributed by atoms with Crippen molar-refractivity contribution >= 4 is 19.5 Å². The van der Waals surface area contributed by atoms with Crippen LogP contribution in [0.25, 0.3) is 0 Å². The summed E-state index contributed by atoms with van der Waals surface area (Å²) in [6, 6.07) is -0.690. The van der Waals surface area contributed by atoms with Crippen LogP contribution in [0.2, 0.25) is 0 Å². The first-order chi connectivity index (χ1) is 7.03. The van der Waals surface area contributed by atoms with E-state index in [1.165, 1.54) is 0 Å². The van der Waals surface area contributed by atoms with Gasteiger partial charge in [0.15, 0.2) is 0 Å². The lowest BCUT2D eigenvalue weighted by molar-refractivity contribution is -0.118. The van der Waals surface area contributed by atoms with Gasteiger partial charge in [0, 0.05) is 0 Å². The van der Waals surface area contributed by atoms with Crippen LogP contribution in [-0.2, 0) is 18.4 Å². The van der Waals surface area contributed by atoms with E-state index >= 15 is 0 Å². The lowest BCUT2D eigenvalue weighted by atomic mass is 10.6. The maximum Gasteiger partial charge on any atom is 0.362 e. The summed E-state index contributed by atoms with van der Waals surface area (Å²) < 4.78 is 21.9. The van der Waals surface area contributed by atoms with Crippen molar-refractivity contribution < 1.29 is 23.2 Å². The van der Waals surface area contributed by atoms with Crippen molar-refractivity contribution in [2.75, 3.05) is 13.2 Å². The fourth-order valence-electron chi connectivity index (χ4n) is 1.17. The third kappa shape index (κ3) is 2.56. The second kappa shape index (κ2) is 4.74. The Morgan fingerprint density at radius 3 is 2.13 bits per heavy atom. The number of rotatable bonds is 5. The molecule has 7 nitrogen and oxygen atoms in total. The summed E-state index contributed by atoms with van der Waals surface area (Å²) >= 11 is 0. The zero-order valence-corrected chi connectivity index (χ0v) is 9.37. The molecule has 0 aliphatic carbocycles. The molecule has 1 aliphatic heterocycles. The molecule has 1 heterocycles. The van der Waals surface area contributed by atoms with E-state index in [2.05, 4.69) is 5.32 Å². The maximum absolute atomic E-state index is 12.1. The van der Waals surface area contributed by atoms with Crippen LogP contribution < -0.4 is 10.6 Å². The Balaban J connectivity index is 2.84. The van der Waals surface area contributed by atoms with E-state index in [-0.39, 0.29) is 13.2 Å². The molecule has 1 rings (SSSR count). The van der Waals surface area contributed by atoms with Crippen molar-refractivity contribution in [3.63, 3.8) is 0 Å². The molecule has 1 saturated heterocycles. The summed E-state index contributed by atoms with van der Waals surface area (Å²) in [5, 5.41) is 4.17. The van der Waals surface area contributed by atoms with Gasteiger partial charge in [-0.05, 0) is 13.8 Å². The summed E-state index contributed by atoms with van der Waals surface area (Å²) in [4.78, 5) is 22.1. The number of amides is 3. The summed E-state index contributed by atoms with van der Waals surface area (Å²) in [6.45, 7) is 3.52. The number of carbonyl (C=O) groups is 2. The Hall–Kier alpha value is -0.910. The average Bonchev–Trinajstić information content (AvgIpc) is 2.46. The topological polar surface area (TPSA) is 93.7 Å². The van der Waals surface area contributed by atoms with Gasteiger partial charge in [0.1, 0.15) is 0 Å². The summed E-state index contributed by atoms with van der Waals surface area (Å²) in [5.74, 6) is -1.94. The molecule has 8 heteroatoms. The molecule has 0 radical (unpaired) electrons. The number of hydrogen-bond donors (Lipinski definition) is 2. The SMILES string of the molecule is CCOP(=O)(OCC)[C@@H]1NC(=O)NC1=O. The normalized spacial score (nSPS) is 21.3. The quantitative estimate of drug-likeness (QED) is 0.533. The Labute approximate surface area is 87.0 Å². The Kier molecular flexibility index (Phi) is 3.84. The average molecular weight is 236 g/mol. The van der Waals surface area contributed by atoms with E-state index in [9.17, 15) is 14.2 Å². The van der Waals surface area contributed by atoms with Gasteiger partial charge in [-0.15, -0.1) is 0 Å². The number of hydrogen-bond acceptors (Lipinski definition) is 5. The van der Waals surface area contributed by atoms with Gasteiger partial charge in [0.05, 0.1) is 13.2 Å². The Morgan fingerprint density at radius 1 is 1.27 bits per heavy atom. The second-order valence-corrected chi connectivity index (χ2v) is 4.85. The molecule has 0 unspecified atom stereocenters. The predicted octanol–water partition coefficient (Wildman–Crippen LogP) is 0.418. The first-order valence-electron chi connectivity index (χ1n) is 4.53. The van der Waals surface area contributed by atoms with Crippen molar-refractivity contribution in [2.24, 2.45) is 0 Å². The lowest BCUT2D eigenvalue weighted by Crippen LogP contribution is -2.30. The van der Waals surface area contributed by atoms with E-state index in [0.717, 1.165) is 0 Å². The van der Waals surface area contributed by atoms with Gasteiger partial charge in [-0.2, -0.15) is 0 Å². The van der Waals surface area contributed by atoms with E-state index in [1.54, 1.807) is 13.8 Å². The highest BCUT2D eigenvalue weighted by Gasteiger charge is 2.46. The summed E-state index contributed by atoms with van der Waals surface area (Å²) in [5.41, 5.74) is 0. The van der Waals surface area contributed by atoms with Crippen LogP contribution in [0.1, 0.15) is 13.8 Å². The minimum atomic E-state index is -3.60. The molecule has 1 atom stereocenters. The number of imide groups is 1. The molecule has 0 saturated carbocycles. The summed E-state index contributed by atoms with van der Waals surface area (Å²) in [6.07, 6.45) is 0. The Morgan fingerprint density at radius 2 is 1.80 bits per heavy atom. The van der Waals surface area contributed by atoms with Gasteiger partial charge in [-0.1, -0.05) is 0 Å². The van der Waals surface area contributed by atoms with Gasteiger partial charge < -0.3 is 14.4 Å². The largest absolute Gasteiger partial charge is 0.362 e. The molecule has 15 heavy (non-hydrogen) atoms. The first-order valence-corrected chi connectivity index (χ1v) is 6.14. The Bertz CT molecular complexity index is 309. The smallest absolute Gasteiger partial charge is 0.316 e. The molecule has 2 N–H and O–H groups in total. The van der Waals surface area contributed by atoms with Crippen LogP contribution >= 0.6 is 7.60 Å². The monoisotopic (exact) mass is 236 g/mol. The molecule has 0 aromatic rings. The van der Waals surface area contributed by atoms with E-state index in [4.69, 9.17) is 9.05 Å². The third-order valence-electron chi connectivity index (χ3n) is 1.69. The zero-order chi connectivity index (χ0) is 11.5. The van der Waals surface area contributed by atoms with Crippen LogP contribution in [0.3, 0.4) is 0 Å². The van der Waals surface area contributed by atoms with Gasteiger partial charge >= 0.3 is 13.6 Å². The second-order valence-electron chi connectivity index (χ2n) is 2.74. The van der Waals surface area contributed by atoms with Crippen LogP contribution in [0.4, 0.5) is 4.79 Å². The minimum Gasteiger partial charge on any atom is -0.316 e. The summed E-state index contributed by atoms with van der Waals surface area (Å²) in [7, 11) is -3.60.